The zero-order chi connectivity index (χ0) is 45.1. The molecule has 4 aromatic carbocycles. The van der Waals surface area contributed by atoms with E-state index in [2.05, 4.69) is 10.6 Å². The smallest absolute Gasteiger partial charge is 0.243 e. The van der Waals surface area contributed by atoms with E-state index in [0.29, 0.717) is 58.8 Å². The molecule has 5 atom stereocenters. The van der Waals surface area contributed by atoms with Gasteiger partial charge in [-0.1, -0.05) is 73.5 Å². The van der Waals surface area contributed by atoms with Crippen LogP contribution in [0.25, 0.3) is 22.3 Å². The van der Waals surface area contributed by atoms with Gasteiger partial charge in [-0.2, -0.15) is 0 Å². The molecule has 0 radical (unpaired) electrons. The van der Waals surface area contributed by atoms with Gasteiger partial charge < -0.3 is 36.8 Å². The Labute approximate surface area is 367 Å². The quantitative estimate of drug-likeness (QED) is 0.0659. The first kappa shape index (κ1) is 47.2. The summed E-state index contributed by atoms with van der Waals surface area (Å²) in [4.78, 5) is 84.0. The third-order valence-corrected chi connectivity index (χ3v) is 11.5. The molecule has 7 N–H and O–H groups in total. The fourth-order valence-corrected chi connectivity index (χ4v) is 7.68. The van der Waals surface area contributed by atoms with Gasteiger partial charge in [-0.05, 0) is 91.9 Å². The number of Topliss-reactive ketones (excluding diaryl/α,β-unsaturated/α-hetero) is 3. The van der Waals surface area contributed by atoms with Gasteiger partial charge in [0, 0.05) is 66.4 Å². The van der Waals surface area contributed by atoms with Gasteiger partial charge in [-0.15, -0.1) is 0 Å². The Morgan fingerprint density at radius 3 is 2.23 bits per heavy atom. The average Bonchev–Trinajstić information content (AvgIpc) is 3.25. The molecule has 328 valence electrons. The summed E-state index contributed by atoms with van der Waals surface area (Å²) in [6, 6.07) is 21.0. The molecular weight excluding hydrogens is 810 g/mol. The van der Waals surface area contributed by atoms with Gasteiger partial charge in [0.2, 0.25) is 17.7 Å². The first-order valence-electron chi connectivity index (χ1n) is 20.9. The molecule has 0 saturated heterocycles. The summed E-state index contributed by atoms with van der Waals surface area (Å²) in [7, 11) is 1.50. The molecule has 4 aromatic rings. The Morgan fingerprint density at radius 2 is 1.58 bits per heavy atom. The maximum absolute atomic E-state index is 14.7. The molecule has 1 aliphatic heterocycles. The number of hydrogen-bond acceptors (Lipinski definition) is 10. The van der Waals surface area contributed by atoms with Crippen molar-refractivity contribution < 1.29 is 38.6 Å². The van der Waals surface area contributed by atoms with Crippen molar-refractivity contribution in [2.45, 2.75) is 77.4 Å². The SMILES string of the molecule is CC(=O)[C@H](C)NC(=O)[C@@H]1Cc2ccc(OCCN)c(c2)-c2cc(ccc2O)[C@H](N(C)C(=O)[C@H](CCCCN)CC(=O)c2ccc(-c3ccc(Cl)cc3)cc2)C(=O)C[C@@H](C)C(=O)N1. The maximum atomic E-state index is 14.7. The molecule has 62 heavy (non-hydrogen) atoms. The average molecular weight is 866 g/mol. The molecule has 0 unspecified atom stereocenters. The zero-order valence-corrected chi connectivity index (χ0v) is 36.4. The number of ether oxygens (including phenoxy) is 1. The van der Waals surface area contributed by atoms with Crippen molar-refractivity contribution in [2.24, 2.45) is 23.3 Å². The number of carbonyl (C=O) groups excluding carboxylic acids is 6. The van der Waals surface area contributed by atoms with Gasteiger partial charge in [-0.25, -0.2) is 0 Å². The van der Waals surface area contributed by atoms with Gasteiger partial charge in [0.05, 0.1) is 6.04 Å². The molecule has 0 spiro atoms. The van der Waals surface area contributed by atoms with Crippen molar-refractivity contribution in [1.82, 2.24) is 15.5 Å². The van der Waals surface area contributed by atoms with E-state index in [-0.39, 0.29) is 55.3 Å². The summed E-state index contributed by atoms with van der Waals surface area (Å²) >= 11 is 6.06. The fraction of sp³-hybridized carbons (Fsp3) is 0.375. The summed E-state index contributed by atoms with van der Waals surface area (Å²) in [6.45, 7) is 5.18. The van der Waals surface area contributed by atoms with Crippen molar-refractivity contribution >= 4 is 46.7 Å². The molecule has 0 saturated carbocycles. The van der Waals surface area contributed by atoms with Crippen LogP contribution in [0.4, 0.5) is 0 Å². The lowest BCUT2D eigenvalue weighted by atomic mass is 9.88. The van der Waals surface area contributed by atoms with Gasteiger partial charge in [0.25, 0.3) is 0 Å². The second-order valence-corrected chi connectivity index (χ2v) is 16.4. The molecule has 0 aromatic heterocycles. The van der Waals surface area contributed by atoms with Crippen LogP contribution in [0.3, 0.4) is 0 Å². The number of ketones is 3. The molecule has 3 amide bonds. The summed E-state index contributed by atoms with van der Waals surface area (Å²) < 4.78 is 5.99. The standard InChI is InChI=1S/C48H56ClN5O8/c1-28-23-43(58)45(54(4)48(61)36(7-5-6-20-50)27-42(57)34-11-9-32(10-12-34)33-13-16-37(49)17-14-33)35-15-18-41(56)38(26-35)39-24-31(8-19-44(39)62-22-21-51)25-40(53-46(28)59)47(60)52-29(2)30(3)55/h8-19,24,26,28-29,36,40,45,56H,5-7,20-23,25,27,50-51H2,1-4H3,(H,52,60)(H,53,59)/t28-,29+,36-,40+,45+/m1/s1. The van der Waals surface area contributed by atoms with Gasteiger partial charge in [-0.3, -0.25) is 28.8 Å². The van der Waals surface area contributed by atoms with Crippen LogP contribution in [-0.2, 0) is 30.4 Å². The number of aromatic hydroxyl groups is 1. The van der Waals surface area contributed by atoms with E-state index >= 15 is 0 Å². The lowest BCUT2D eigenvalue weighted by Gasteiger charge is -2.32. The highest BCUT2D eigenvalue weighted by Crippen LogP contribution is 2.40. The number of benzene rings is 4. The van der Waals surface area contributed by atoms with Gasteiger partial charge in [0.15, 0.2) is 17.3 Å². The van der Waals surface area contributed by atoms with Crippen LogP contribution in [-0.4, -0.2) is 83.9 Å². The summed E-state index contributed by atoms with van der Waals surface area (Å²) in [6.07, 6.45) is 1.06. The number of amides is 3. The van der Waals surface area contributed by atoms with E-state index in [4.69, 9.17) is 27.8 Å². The molecule has 0 fully saturated rings. The summed E-state index contributed by atoms with van der Waals surface area (Å²) in [5.41, 5.74) is 15.5. The normalized spacial score (nSPS) is 17.5. The minimum Gasteiger partial charge on any atom is -0.507 e. The molecule has 1 aliphatic rings. The van der Waals surface area contributed by atoms with Crippen LogP contribution in [0.5, 0.6) is 11.5 Å². The number of nitrogens with two attached hydrogens (primary N) is 2. The van der Waals surface area contributed by atoms with Crippen molar-refractivity contribution in [1.29, 1.82) is 0 Å². The number of likely N-dealkylation sites (N-methyl/N-ethyl adjacent to an activating group) is 1. The van der Waals surface area contributed by atoms with E-state index in [1.807, 2.05) is 24.3 Å². The first-order chi connectivity index (χ1) is 29.6. The Hall–Kier alpha value is -5.89. The Kier molecular flexibility index (Phi) is 16.6. The van der Waals surface area contributed by atoms with E-state index in [0.717, 1.165) is 11.1 Å². The molecule has 1 heterocycles. The Morgan fingerprint density at radius 1 is 0.903 bits per heavy atom. The topological polar surface area (TPSA) is 211 Å². The molecule has 4 bridgehead atoms. The van der Waals surface area contributed by atoms with Crippen LogP contribution in [0.15, 0.2) is 84.9 Å². The molecule has 0 aliphatic carbocycles. The predicted molar refractivity (Wildman–Crippen MR) is 239 cm³/mol. The summed E-state index contributed by atoms with van der Waals surface area (Å²) in [5.74, 6) is -4.20. The summed E-state index contributed by atoms with van der Waals surface area (Å²) in [5, 5.41) is 17.4. The largest absolute Gasteiger partial charge is 0.507 e. The highest BCUT2D eigenvalue weighted by molar-refractivity contribution is 6.30. The van der Waals surface area contributed by atoms with Crippen LogP contribution >= 0.6 is 11.6 Å². The van der Waals surface area contributed by atoms with E-state index in [9.17, 15) is 33.9 Å². The lowest BCUT2D eigenvalue weighted by molar-refractivity contribution is -0.142. The third-order valence-electron chi connectivity index (χ3n) is 11.3. The molecular formula is C48H56ClN5O8. The highest BCUT2D eigenvalue weighted by Gasteiger charge is 2.36. The predicted octanol–water partition coefficient (Wildman–Crippen LogP) is 5.96. The second-order valence-electron chi connectivity index (χ2n) is 16.0. The van der Waals surface area contributed by atoms with E-state index in [1.165, 1.54) is 24.9 Å². The number of halogens is 1. The molecule has 14 heteroatoms. The van der Waals surface area contributed by atoms with Gasteiger partial charge in [0.1, 0.15) is 30.2 Å². The van der Waals surface area contributed by atoms with Crippen LogP contribution in [0.2, 0.25) is 5.02 Å². The monoisotopic (exact) mass is 865 g/mol. The maximum Gasteiger partial charge on any atom is 0.243 e. The minimum absolute atomic E-state index is 0.00408. The number of phenols is 1. The van der Waals surface area contributed by atoms with E-state index < -0.39 is 53.5 Å². The minimum atomic E-state index is -1.25. The highest BCUT2D eigenvalue weighted by atomic mass is 35.5. The number of hydrogen-bond donors (Lipinski definition) is 5. The Balaban J connectivity index is 1.54. The fourth-order valence-electron chi connectivity index (χ4n) is 7.55. The number of fused-ring (bicyclic) bond motifs is 5. The van der Waals surface area contributed by atoms with Crippen molar-refractivity contribution in [2.75, 3.05) is 26.7 Å². The number of phenolic OH excluding ortho intramolecular Hbond substituents is 1. The second kappa shape index (κ2) is 21.8. The number of unbranched alkanes of at least 4 members (excludes halogenated alkanes) is 1. The number of rotatable bonds is 16. The van der Waals surface area contributed by atoms with Crippen LogP contribution in [0.1, 0.15) is 80.4 Å². The van der Waals surface area contributed by atoms with Crippen LogP contribution in [0, 0.1) is 11.8 Å². The van der Waals surface area contributed by atoms with Gasteiger partial charge >= 0.3 is 0 Å². The number of carbonyl (C=O) groups is 6. The van der Waals surface area contributed by atoms with Crippen LogP contribution < -0.4 is 26.8 Å². The van der Waals surface area contributed by atoms with Crippen molar-refractivity contribution in [3.8, 4) is 33.8 Å². The third kappa shape index (κ3) is 11.9. The zero-order valence-electron chi connectivity index (χ0n) is 35.6. The Bertz CT molecular complexity index is 2260. The van der Waals surface area contributed by atoms with E-state index in [1.54, 1.807) is 68.4 Å². The lowest BCUT2D eigenvalue weighted by Crippen LogP contribution is -2.52. The number of nitrogens with zero attached hydrogens (tertiary/aromatic N) is 1. The van der Waals surface area contributed by atoms with Crippen molar-refractivity contribution in [3.63, 3.8) is 0 Å². The number of nitrogens with one attached hydrogen (secondary N) is 2. The molecule has 13 nitrogen and oxygen atoms in total. The molecule has 5 rings (SSSR count). The van der Waals surface area contributed by atoms with Crippen molar-refractivity contribution in [3.05, 3.63) is 107 Å². The first-order valence-corrected chi connectivity index (χ1v) is 21.3.